The van der Waals surface area contributed by atoms with E-state index in [0.717, 1.165) is 11.0 Å². The predicted octanol–water partition coefficient (Wildman–Crippen LogP) is -1.38. The first-order valence-corrected chi connectivity index (χ1v) is 16.9. The van der Waals surface area contributed by atoms with Gasteiger partial charge in [-0.25, -0.2) is 28.5 Å². The van der Waals surface area contributed by atoms with Gasteiger partial charge in [0.25, 0.3) is 5.56 Å². The smallest absolute Gasteiger partial charge is 0.336 e. The summed E-state index contributed by atoms with van der Waals surface area (Å²) in [4.78, 5) is 42.0. The zero-order valence-corrected chi connectivity index (χ0v) is 24.9. The number of H-pyrrole nitrogens is 1. The lowest BCUT2D eigenvalue weighted by molar-refractivity contribution is -0.0517. The third-order valence-electron chi connectivity index (χ3n) is 7.16. The Morgan fingerprint density at radius 1 is 1.18 bits per heavy atom. The van der Waals surface area contributed by atoms with Crippen LogP contribution in [0.2, 0.25) is 0 Å². The Kier molecular flexibility index (Phi) is 7.23. The molecule has 3 fully saturated rings. The lowest BCUT2D eigenvalue weighted by Gasteiger charge is -2.25. The van der Waals surface area contributed by atoms with Crippen LogP contribution in [0.5, 0.6) is 0 Å². The topological polar surface area (TPSA) is 259 Å². The SMILES string of the molecule is Cc1nc2c(nnn2C2OC3COP(O)(=S)OC4C(CNS(=O)(=O)OC2C3)OC(n2cnc3c(N)ncnc32)C4F)c(=O)[nH]1. The molecule has 7 heterocycles. The number of aromatic nitrogens is 9. The van der Waals surface area contributed by atoms with Crippen LogP contribution in [0.15, 0.2) is 17.4 Å². The standard InChI is InChI=1S/C20H23FN11O9PS2/c1-7-27-17-13(18(33)28-7)29-30-32(17)19-9-2-8(38-19)4-37-42(34,43)40-14-10(3-26-44(35,36)41-9)39-20(11(14)21)31-6-25-12-15(22)23-5-24-16(12)31/h5-6,8-11,14,19-20,26H,2-4H2,1H3,(H,34,43)(H2,22,23,24)(H,27,28,33). The maximum atomic E-state index is 16.0. The summed E-state index contributed by atoms with van der Waals surface area (Å²) >= 11 is 5.17. The summed E-state index contributed by atoms with van der Waals surface area (Å²) in [5.41, 5.74) is 5.54. The lowest BCUT2D eigenvalue weighted by Crippen LogP contribution is -2.42. The minimum absolute atomic E-state index is 0.0229. The molecule has 24 heteroatoms. The highest BCUT2D eigenvalue weighted by Gasteiger charge is 2.51. The van der Waals surface area contributed by atoms with Gasteiger partial charge in [0.1, 0.15) is 36.0 Å². The van der Waals surface area contributed by atoms with Crippen LogP contribution in [0.1, 0.15) is 24.7 Å². The number of hydrogen-bond donors (Lipinski definition) is 4. The highest BCUT2D eigenvalue weighted by molar-refractivity contribution is 8.07. The highest BCUT2D eigenvalue weighted by atomic mass is 32.5. The van der Waals surface area contributed by atoms with Crippen molar-refractivity contribution in [2.45, 2.75) is 56.4 Å². The number of aromatic amines is 1. The summed E-state index contributed by atoms with van der Waals surface area (Å²) in [6.07, 6.45) is -7.41. The van der Waals surface area contributed by atoms with Crippen LogP contribution in [-0.2, 0) is 44.8 Å². The minimum Gasteiger partial charge on any atom is -0.382 e. The number of fused-ring (bicyclic) bond motifs is 5. The fourth-order valence-corrected chi connectivity index (χ4v) is 7.64. The molecule has 3 aliphatic heterocycles. The van der Waals surface area contributed by atoms with Crippen LogP contribution in [0.3, 0.4) is 0 Å². The summed E-state index contributed by atoms with van der Waals surface area (Å²) < 4.78 is 75.1. The van der Waals surface area contributed by atoms with E-state index < -0.39 is 78.8 Å². The molecule has 0 radical (unpaired) electrons. The van der Waals surface area contributed by atoms with Crippen molar-refractivity contribution in [1.82, 2.24) is 49.2 Å². The Balaban J connectivity index is 1.19. The van der Waals surface area contributed by atoms with Gasteiger partial charge in [0, 0.05) is 13.0 Å². The molecule has 4 aromatic rings. The second kappa shape index (κ2) is 10.8. The molecule has 0 aromatic carbocycles. The molecule has 20 nitrogen and oxygen atoms in total. The van der Waals surface area contributed by atoms with E-state index in [4.69, 9.17) is 40.2 Å². The molecule has 0 spiro atoms. The Morgan fingerprint density at radius 2 is 2.00 bits per heavy atom. The molecule has 8 atom stereocenters. The van der Waals surface area contributed by atoms with Crippen LogP contribution in [0.4, 0.5) is 10.2 Å². The first kappa shape index (κ1) is 29.6. The maximum absolute atomic E-state index is 16.0. The molecule has 4 aromatic heterocycles. The molecule has 0 saturated carbocycles. The van der Waals surface area contributed by atoms with E-state index in [9.17, 15) is 18.1 Å². The van der Waals surface area contributed by atoms with Crippen LogP contribution in [0.25, 0.3) is 22.3 Å². The summed E-state index contributed by atoms with van der Waals surface area (Å²) in [7, 11) is -4.56. The maximum Gasteiger partial charge on any atom is 0.336 e. The number of alkyl halides is 1. The normalized spacial score (nSPS) is 34.4. The quantitative estimate of drug-likeness (QED) is 0.178. The van der Waals surface area contributed by atoms with Gasteiger partial charge >= 0.3 is 17.0 Å². The van der Waals surface area contributed by atoms with E-state index in [1.165, 1.54) is 10.9 Å². The number of nitrogen functional groups attached to an aromatic ring is 1. The molecule has 7 rings (SSSR count). The largest absolute Gasteiger partial charge is 0.382 e. The van der Waals surface area contributed by atoms with Gasteiger partial charge in [-0.05, 0) is 18.7 Å². The van der Waals surface area contributed by atoms with Gasteiger partial charge in [0.05, 0.1) is 19.0 Å². The molecular weight excluding hydrogens is 652 g/mol. The molecular formula is C20H23FN11O9PS2. The number of nitrogens with one attached hydrogen (secondary N) is 2. The third-order valence-corrected chi connectivity index (χ3v) is 9.74. The molecule has 0 amide bonds. The summed E-state index contributed by atoms with van der Waals surface area (Å²) in [5, 5.41) is 7.77. The van der Waals surface area contributed by atoms with Crippen molar-refractivity contribution in [3.05, 3.63) is 28.8 Å². The van der Waals surface area contributed by atoms with Crippen LogP contribution in [-0.4, -0.2) is 102 Å². The van der Waals surface area contributed by atoms with Crippen molar-refractivity contribution in [2.75, 3.05) is 18.9 Å². The van der Waals surface area contributed by atoms with E-state index in [1.807, 2.05) is 0 Å². The van der Waals surface area contributed by atoms with Crippen LogP contribution in [0, 0.1) is 6.92 Å². The number of anilines is 1. The monoisotopic (exact) mass is 675 g/mol. The van der Waals surface area contributed by atoms with Crippen molar-refractivity contribution >= 4 is 57.0 Å². The summed E-state index contributed by atoms with van der Waals surface area (Å²) in [6.45, 7) is -3.57. The fraction of sp³-hybridized carbons (Fsp3) is 0.550. The molecule has 5 N–H and O–H groups in total. The van der Waals surface area contributed by atoms with Crippen LogP contribution >= 0.6 is 6.72 Å². The average Bonchev–Trinajstić information content (AvgIpc) is 3.72. The first-order valence-electron chi connectivity index (χ1n) is 12.9. The van der Waals surface area contributed by atoms with Crippen molar-refractivity contribution in [3.63, 3.8) is 0 Å². The third kappa shape index (κ3) is 5.27. The van der Waals surface area contributed by atoms with Crippen molar-refractivity contribution in [3.8, 4) is 0 Å². The van der Waals surface area contributed by atoms with Gasteiger partial charge in [0.2, 0.25) is 0 Å². The molecule has 3 aliphatic rings. The zero-order chi connectivity index (χ0) is 31.0. The van der Waals surface area contributed by atoms with E-state index in [0.29, 0.717) is 0 Å². The Hall–Kier alpha value is -3.12. The van der Waals surface area contributed by atoms with E-state index in [1.54, 1.807) is 6.92 Å². The molecule has 0 aliphatic carbocycles. The molecule has 44 heavy (non-hydrogen) atoms. The number of ether oxygens (including phenoxy) is 2. The fourth-order valence-electron chi connectivity index (χ4n) is 5.25. The van der Waals surface area contributed by atoms with Crippen molar-refractivity contribution in [2.24, 2.45) is 0 Å². The summed E-state index contributed by atoms with van der Waals surface area (Å²) in [5.74, 6) is 0.308. The Labute approximate surface area is 250 Å². The number of hydrogen-bond acceptors (Lipinski definition) is 16. The number of rotatable bonds is 2. The Morgan fingerprint density at radius 3 is 2.82 bits per heavy atom. The van der Waals surface area contributed by atoms with Gasteiger partial charge in [-0.2, -0.15) is 17.8 Å². The summed E-state index contributed by atoms with van der Waals surface area (Å²) in [6, 6.07) is 0. The number of nitrogens with two attached hydrogens (primary N) is 1. The van der Waals surface area contributed by atoms with Gasteiger partial charge in [-0.1, -0.05) is 5.21 Å². The molecule has 2 bridgehead atoms. The molecule has 8 unspecified atom stereocenters. The first-order chi connectivity index (χ1) is 20.9. The predicted molar refractivity (Wildman–Crippen MR) is 147 cm³/mol. The lowest BCUT2D eigenvalue weighted by atomic mass is 10.1. The average molecular weight is 676 g/mol. The zero-order valence-electron chi connectivity index (χ0n) is 22.3. The highest BCUT2D eigenvalue weighted by Crippen LogP contribution is 2.50. The number of imidazole rings is 1. The van der Waals surface area contributed by atoms with Gasteiger partial charge in [-0.15, -0.1) is 5.10 Å². The van der Waals surface area contributed by atoms with Crippen molar-refractivity contribution in [1.29, 1.82) is 0 Å². The second-order valence-corrected chi connectivity index (χ2v) is 14.3. The molecule has 3 saturated heterocycles. The van der Waals surface area contributed by atoms with E-state index >= 15 is 4.39 Å². The van der Waals surface area contributed by atoms with Gasteiger partial charge in [-0.3, -0.25) is 13.9 Å². The van der Waals surface area contributed by atoms with Crippen LogP contribution < -0.4 is 16.0 Å². The van der Waals surface area contributed by atoms with Gasteiger partial charge < -0.3 is 29.6 Å². The number of nitrogens with zero attached hydrogens (tertiary/aromatic N) is 8. The minimum atomic E-state index is -4.56. The van der Waals surface area contributed by atoms with Crippen molar-refractivity contribution < 1.29 is 40.4 Å². The number of halogens is 1. The van der Waals surface area contributed by atoms with E-state index in [-0.39, 0.29) is 40.4 Å². The van der Waals surface area contributed by atoms with E-state index in [2.05, 4.69) is 40.0 Å². The molecule has 236 valence electrons. The second-order valence-electron chi connectivity index (χ2n) is 10.1. The Bertz CT molecular complexity index is 1980. The number of aryl methyl sites for hydroxylation is 1. The van der Waals surface area contributed by atoms with Gasteiger partial charge in [0.15, 0.2) is 41.3 Å².